The van der Waals surface area contributed by atoms with Crippen LogP contribution in [0.1, 0.15) is 36.5 Å². The molecule has 26 heavy (non-hydrogen) atoms. The van der Waals surface area contributed by atoms with Crippen LogP contribution in [0.3, 0.4) is 0 Å². The van der Waals surface area contributed by atoms with Crippen LogP contribution in [0.4, 0.5) is 17.1 Å². The smallest absolute Gasteiger partial charge is 0.0497 e. The van der Waals surface area contributed by atoms with Crippen LogP contribution in [0.5, 0.6) is 0 Å². The molecule has 3 aromatic carbocycles. The fourth-order valence-electron chi connectivity index (χ4n) is 3.63. The summed E-state index contributed by atoms with van der Waals surface area (Å²) in [7, 11) is 0. The highest BCUT2D eigenvalue weighted by atomic mass is 79.9. The van der Waals surface area contributed by atoms with E-state index in [1.807, 2.05) is 0 Å². The summed E-state index contributed by atoms with van der Waals surface area (Å²) in [6.45, 7) is 2.24. The van der Waals surface area contributed by atoms with Gasteiger partial charge in [-0.1, -0.05) is 57.3 Å². The first kappa shape index (κ1) is 17.8. The monoisotopic (exact) mass is 469 g/mol. The zero-order valence-corrected chi connectivity index (χ0v) is 18.0. The third kappa shape index (κ3) is 3.47. The Morgan fingerprint density at radius 2 is 1.38 bits per heavy atom. The summed E-state index contributed by atoms with van der Waals surface area (Å²) in [5, 5.41) is 0. The van der Waals surface area contributed by atoms with E-state index in [0.29, 0.717) is 0 Å². The van der Waals surface area contributed by atoms with Gasteiger partial charge in [-0.25, -0.2) is 0 Å². The molecule has 0 fully saturated rings. The molecule has 3 heteroatoms. The number of anilines is 3. The molecule has 0 unspecified atom stereocenters. The third-order valence-electron chi connectivity index (χ3n) is 4.96. The Kier molecular flexibility index (Phi) is 5.19. The number of hydrogen-bond acceptors (Lipinski definition) is 1. The summed E-state index contributed by atoms with van der Waals surface area (Å²) >= 11 is 7.25. The summed E-state index contributed by atoms with van der Waals surface area (Å²) in [6.07, 6.45) is 4.59. The quantitative estimate of drug-likeness (QED) is 0.292. The number of nitrogens with zero attached hydrogens (tertiary/aromatic N) is 1. The minimum Gasteiger partial charge on any atom is -0.310 e. The van der Waals surface area contributed by atoms with E-state index in [4.69, 9.17) is 0 Å². The normalized spacial score (nSPS) is 12.7. The van der Waals surface area contributed by atoms with Crippen LogP contribution >= 0.6 is 31.9 Å². The maximum absolute atomic E-state index is 3.63. The summed E-state index contributed by atoms with van der Waals surface area (Å²) in [5.41, 5.74) is 7.87. The molecule has 0 atom stereocenters. The van der Waals surface area contributed by atoms with Crippen molar-refractivity contribution in [3.63, 3.8) is 0 Å². The lowest BCUT2D eigenvalue weighted by molar-refractivity contribution is 0.795. The van der Waals surface area contributed by atoms with Gasteiger partial charge in [0.15, 0.2) is 0 Å². The Morgan fingerprint density at radius 1 is 0.808 bits per heavy atom. The van der Waals surface area contributed by atoms with Crippen molar-refractivity contribution in [2.75, 3.05) is 4.90 Å². The molecule has 4 rings (SSSR count). The van der Waals surface area contributed by atoms with Crippen molar-refractivity contribution in [1.29, 1.82) is 0 Å². The number of fused-ring (bicyclic) bond motifs is 2. The van der Waals surface area contributed by atoms with Crippen molar-refractivity contribution < 1.29 is 0 Å². The van der Waals surface area contributed by atoms with Crippen molar-refractivity contribution in [2.45, 2.75) is 32.6 Å². The fraction of sp³-hybridized carbons (Fsp3) is 0.217. The molecule has 132 valence electrons. The molecule has 1 aliphatic rings. The molecule has 0 aromatic heterocycles. The number of aryl methyl sites for hydroxylation is 1. The second-order valence-corrected chi connectivity index (χ2v) is 8.66. The maximum atomic E-state index is 3.63. The molecule has 0 bridgehead atoms. The Labute approximate surface area is 172 Å². The first-order valence-electron chi connectivity index (χ1n) is 9.11. The largest absolute Gasteiger partial charge is 0.310 e. The average Bonchev–Trinajstić information content (AvgIpc) is 2.64. The molecule has 0 spiro atoms. The number of benzene rings is 3. The molecule has 0 amide bonds. The van der Waals surface area contributed by atoms with E-state index in [0.717, 1.165) is 21.8 Å². The lowest BCUT2D eigenvalue weighted by Gasteiger charge is -2.34. The van der Waals surface area contributed by atoms with Crippen LogP contribution in [-0.4, -0.2) is 0 Å². The van der Waals surface area contributed by atoms with Gasteiger partial charge in [0, 0.05) is 32.4 Å². The lowest BCUT2D eigenvalue weighted by atomic mass is 9.95. The van der Waals surface area contributed by atoms with Gasteiger partial charge in [0.2, 0.25) is 0 Å². The van der Waals surface area contributed by atoms with Crippen LogP contribution < -0.4 is 4.90 Å². The molecule has 1 aliphatic heterocycles. The highest BCUT2D eigenvalue weighted by Gasteiger charge is 2.24. The minimum atomic E-state index is 0.953. The zero-order chi connectivity index (χ0) is 18.1. The SMILES string of the molecule is CCCCc1ccc(N2c3ccc(Br)cc3Cc3cc(Br)ccc32)cc1. The van der Waals surface area contributed by atoms with Crippen molar-refractivity contribution in [3.8, 4) is 0 Å². The topological polar surface area (TPSA) is 3.24 Å². The van der Waals surface area contributed by atoms with Crippen molar-refractivity contribution in [3.05, 3.63) is 86.3 Å². The Bertz CT molecular complexity index is 880. The third-order valence-corrected chi connectivity index (χ3v) is 5.95. The van der Waals surface area contributed by atoms with E-state index in [1.54, 1.807) is 0 Å². The van der Waals surface area contributed by atoms with Crippen molar-refractivity contribution in [1.82, 2.24) is 0 Å². The molecular formula is C23H21Br2N. The second kappa shape index (κ2) is 7.58. The van der Waals surface area contributed by atoms with Gasteiger partial charge in [0.1, 0.15) is 0 Å². The summed E-state index contributed by atoms with van der Waals surface area (Å²) in [4.78, 5) is 2.39. The van der Waals surface area contributed by atoms with Gasteiger partial charge in [0.25, 0.3) is 0 Å². The molecule has 1 nitrogen and oxygen atoms in total. The standard InChI is InChI=1S/C23H21Br2N/c1-2-3-4-16-5-9-21(10-6-16)26-22-11-7-19(24)14-17(22)13-18-15-20(25)8-12-23(18)26/h5-12,14-15H,2-4,13H2,1H3. The fourth-order valence-corrected chi connectivity index (χ4v) is 4.45. The van der Waals surface area contributed by atoms with E-state index < -0.39 is 0 Å². The zero-order valence-electron chi connectivity index (χ0n) is 14.8. The van der Waals surface area contributed by atoms with Gasteiger partial charge in [-0.2, -0.15) is 0 Å². The maximum Gasteiger partial charge on any atom is 0.0497 e. The van der Waals surface area contributed by atoms with E-state index >= 15 is 0 Å². The van der Waals surface area contributed by atoms with Crippen molar-refractivity contribution in [2.24, 2.45) is 0 Å². The molecule has 0 radical (unpaired) electrons. The van der Waals surface area contributed by atoms with Gasteiger partial charge in [-0.3, -0.25) is 0 Å². The summed E-state index contributed by atoms with van der Waals surface area (Å²) < 4.78 is 2.26. The number of unbranched alkanes of at least 4 members (excludes halogenated alkanes) is 1. The van der Waals surface area contributed by atoms with Crippen LogP contribution in [0.15, 0.2) is 69.6 Å². The number of hydrogen-bond donors (Lipinski definition) is 0. The van der Waals surface area contributed by atoms with Gasteiger partial charge in [-0.15, -0.1) is 0 Å². The molecule has 0 saturated carbocycles. The highest BCUT2D eigenvalue weighted by Crippen LogP contribution is 2.45. The predicted octanol–water partition coefficient (Wildman–Crippen LogP) is 7.93. The lowest BCUT2D eigenvalue weighted by Crippen LogP contribution is -2.18. The second-order valence-electron chi connectivity index (χ2n) is 6.83. The Morgan fingerprint density at radius 3 is 1.92 bits per heavy atom. The van der Waals surface area contributed by atoms with Crippen LogP contribution in [0, 0.1) is 0 Å². The minimum absolute atomic E-state index is 0.953. The van der Waals surface area contributed by atoms with E-state index in [9.17, 15) is 0 Å². The van der Waals surface area contributed by atoms with Gasteiger partial charge in [0.05, 0.1) is 0 Å². The number of halogens is 2. The molecule has 0 saturated heterocycles. The Hall–Kier alpha value is -1.58. The van der Waals surface area contributed by atoms with E-state index in [-0.39, 0.29) is 0 Å². The van der Waals surface area contributed by atoms with E-state index in [2.05, 4.69) is 104 Å². The van der Waals surface area contributed by atoms with Crippen LogP contribution in [-0.2, 0) is 12.8 Å². The first-order chi connectivity index (χ1) is 12.7. The Balaban J connectivity index is 1.80. The van der Waals surface area contributed by atoms with Gasteiger partial charge >= 0.3 is 0 Å². The van der Waals surface area contributed by atoms with Crippen molar-refractivity contribution >= 4 is 48.9 Å². The average molecular weight is 471 g/mol. The van der Waals surface area contributed by atoms with E-state index in [1.165, 1.54) is 46.6 Å². The molecule has 3 aromatic rings. The molecule has 0 N–H and O–H groups in total. The molecule has 0 aliphatic carbocycles. The molecule has 1 heterocycles. The molecular weight excluding hydrogens is 450 g/mol. The first-order valence-corrected chi connectivity index (χ1v) is 10.7. The van der Waals surface area contributed by atoms with Crippen LogP contribution in [0.2, 0.25) is 0 Å². The van der Waals surface area contributed by atoms with Gasteiger partial charge in [-0.05, 0) is 78.1 Å². The summed E-state index contributed by atoms with van der Waals surface area (Å²) in [5.74, 6) is 0. The number of rotatable bonds is 4. The van der Waals surface area contributed by atoms with Gasteiger partial charge < -0.3 is 4.90 Å². The highest BCUT2D eigenvalue weighted by molar-refractivity contribution is 9.10. The predicted molar refractivity (Wildman–Crippen MR) is 118 cm³/mol. The summed E-state index contributed by atoms with van der Waals surface area (Å²) in [6, 6.07) is 22.2. The van der Waals surface area contributed by atoms with Crippen LogP contribution in [0.25, 0.3) is 0 Å².